The lowest BCUT2D eigenvalue weighted by atomic mass is 9.98. The van der Waals surface area contributed by atoms with Gasteiger partial charge in [0.25, 0.3) is 0 Å². The van der Waals surface area contributed by atoms with Gasteiger partial charge in [-0.05, 0) is 61.5 Å². The van der Waals surface area contributed by atoms with Crippen molar-refractivity contribution in [2.24, 2.45) is 5.92 Å². The van der Waals surface area contributed by atoms with E-state index in [4.69, 9.17) is 10.00 Å². The van der Waals surface area contributed by atoms with Crippen molar-refractivity contribution in [3.8, 4) is 11.8 Å². The molecule has 3 rings (SSSR count). The maximum Gasteiger partial charge on any atom is 0.165 e. The highest BCUT2D eigenvalue weighted by Crippen LogP contribution is 2.24. The summed E-state index contributed by atoms with van der Waals surface area (Å²) < 4.78 is 6.70. The van der Waals surface area contributed by atoms with Gasteiger partial charge in [0.05, 0.1) is 19.0 Å². The van der Waals surface area contributed by atoms with Gasteiger partial charge in [-0.3, -0.25) is 0 Å². The Balaban J connectivity index is 1.62. The quantitative estimate of drug-likeness (QED) is 0.691. The van der Waals surface area contributed by atoms with Crippen molar-refractivity contribution >= 4 is 34.2 Å². The number of rotatable bonds is 5. The Labute approximate surface area is 159 Å². The van der Waals surface area contributed by atoms with Crippen molar-refractivity contribution in [3.05, 3.63) is 27.9 Å². The summed E-state index contributed by atoms with van der Waals surface area (Å²) in [5.74, 6) is 2.30. The Morgan fingerprint density at radius 1 is 1.28 bits per heavy atom. The number of hydrogen-bond donors (Lipinski definition) is 1. The third kappa shape index (κ3) is 4.96. The third-order valence-corrected chi connectivity index (χ3v) is 4.80. The van der Waals surface area contributed by atoms with Crippen LogP contribution in [0, 0.1) is 20.9 Å². The van der Waals surface area contributed by atoms with Crippen LogP contribution < -0.4 is 10.1 Å². The predicted octanol–water partition coefficient (Wildman–Crippen LogP) is 2.21. The van der Waals surface area contributed by atoms with Gasteiger partial charge in [0.15, 0.2) is 21.0 Å². The van der Waals surface area contributed by atoms with Crippen molar-refractivity contribution in [3.63, 3.8) is 0 Å². The van der Waals surface area contributed by atoms with Crippen LogP contribution >= 0.6 is 22.6 Å². The highest BCUT2D eigenvalue weighted by atomic mass is 127. The second-order valence-electron chi connectivity index (χ2n) is 5.97. The van der Waals surface area contributed by atoms with Crippen molar-refractivity contribution in [2.45, 2.75) is 12.8 Å². The molecule has 0 radical (unpaired) electrons. The van der Waals surface area contributed by atoms with Crippen molar-refractivity contribution in [2.75, 3.05) is 32.1 Å². The summed E-state index contributed by atoms with van der Waals surface area (Å²) in [7, 11) is 2.15. The highest BCUT2D eigenvalue weighted by molar-refractivity contribution is 14.1. The fraction of sp³-hybridized carbons (Fsp3) is 0.438. The van der Waals surface area contributed by atoms with Gasteiger partial charge in [0.1, 0.15) is 11.9 Å². The van der Waals surface area contributed by atoms with E-state index in [-0.39, 0.29) is 5.69 Å². The Morgan fingerprint density at radius 2 is 2.08 bits per heavy atom. The number of piperidine rings is 1. The molecule has 1 fully saturated rings. The molecule has 1 aliphatic heterocycles. The van der Waals surface area contributed by atoms with Gasteiger partial charge >= 0.3 is 0 Å². The molecule has 0 aromatic carbocycles. The molecular formula is C16H18IN7O. The first kappa shape index (κ1) is 17.8. The Hall–Kier alpha value is -2.06. The minimum absolute atomic E-state index is 0.265. The van der Waals surface area contributed by atoms with Gasteiger partial charge in [-0.1, -0.05) is 0 Å². The van der Waals surface area contributed by atoms with Crippen LogP contribution in [0.4, 0.5) is 11.6 Å². The summed E-state index contributed by atoms with van der Waals surface area (Å²) in [5, 5.41) is 20.0. The SMILES string of the molecule is CN1CCC(COc2cc(Nc3cnc(C#N)cn3)nnc2I)CC1. The van der Waals surface area contributed by atoms with E-state index in [1.54, 1.807) is 0 Å². The Morgan fingerprint density at radius 3 is 2.76 bits per heavy atom. The number of hydrogen-bond acceptors (Lipinski definition) is 8. The van der Waals surface area contributed by atoms with Crippen LogP contribution in [-0.4, -0.2) is 51.8 Å². The summed E-state index contributed by atoms with van der Waals surface area (Å²) in [4.78, 5) is 10.4. The van der Waals surface area contributed by atoms with E-state index in [0.29, 0.717) is 29.9 Å². The number of aromatic nitrogens is 4. The molecule has 130 valence electrons. The van der Waals surface area contributed by atoms with Gasteiger partial charge in [0.2, 0.25) is 0 Å². The molecule has 0 bridgehead atoms. The van der Waals surface area contributed by atoms with E-state index < -0.39 is 0 Å². The molecule has 2 aromatic heterocycles. The molecule has 3 heterocycles. The number of ether oxygens (including phenoxy) is 1. The predicted molar refractivity (Wildman–Crippen MR) is 100 cm³/mol. The minimum Gasteiger partial charge on any atom is -0.490 e. The summed E-state index contributed by atoms with van der Waals surface area (Å²) in [6, 6.07) is 3.74. The molecule has 0 saturated carbocycles. The molecule has 1 N–H and O–H groups in total. The smallest absolute Gasteiger partial charge is 0.165 e. The molecule has 2 aromatic rings. The maximum absolute atomic E-state index is 8.75. The van der Waals surface area contributed by atoms with E-state index in [2.05, 4.69) is 60.0 Å². The van der Waals surface area contributed by atoms with Crippen LogP contribution in [0.15, 0.2) is 18.5 Å². The van der Waals surface area contributed by atoms with Gasteiger partial charge in [-0.2, -0.15) is 5.26 Å². The molecule has 0 unspecified atom stereocenters. The van der Waals surface area contributed by atoms with E-state index >= 15 is 0 Å². The number of nitrogens with one attached hydrogen (secondary N) is 1. The first-order chi connectivity index (χ1) is 12.1. The number of halogens is 1. The monoisotopic (exact) mass is 451 g/mol. The molecule has 9 heteroatoms. The number of nitrogens with zero attached hydrogens (tertiary/aromatic N) is 6. The summed E-state index contributed by atoms with van der Waals surface area (Å²) >= 11 is 2.12. The fourth-order valence-corrected chi connectivity index (χ4v) is 2.96. The zero-order chi connectivity index (χ0) is 17.6. The third-order valence-electron chi connectivity index (χ3n) is 4.05. The molecule has 25 heavy (non-hydrogen) atoms. The van der Waals surface area contributed by atoms with Crippen molar-refractivity contribution in [1.82, 2.24) is 25.1 Å². The number of nitriles is 1. The molecular weight excluding hydrogens is 433 g/mol. The van der Waals surface area contributed by atoms with E-state index in [1.807, 2.05) is 12.1 Å². The Kier molecular flexibility index (Phi) is 5.93. The molecule has 0 spiro atoms. The maximum atomic E-state index is 8.75. The topological polar surface area (TPSA) is 99.8 Å². The lowest BCUT2D eigenvalue weighted by molar-refractivity contribution is 0.159. The summed E-state index contributed by atoms with van der Waals surface area (Å²) in [6.45, 7) is 2.92. The fourth-order valence-electron chi connectivity index (χ4n) is 2.54. The molecule has 0 amide bonds. The lowest BCUT2D eigenvalue weighted by Gasteiger charge is -2.28. The zero-order valence-electron chi connectivity index (χ0n) is 13.8. The van der Waals surface area contributed by atoms with E-state index in [9.17, 15) is 0 Å². The molecule has 1 aliphatic rings. The second-order valence-corrected chi connectivity index (χ2v) is 6.99. The first-order valence-corrected chi connectivity index (χ1v) is 9.05. The van der Waals surface area contributed by atoms with Crippen LogP contribution in [0.3, 0.4) is 0 Å². The van der Waals surface area contributed by atoms with Crippen LogP contribution in [0.1, 0.15) is 18.5 Å². The largest absolute Gasteiger partial charge is 0.490 e. The van der Waals surface area contributed by atoms with Crippen molar-refractivity contribution < 1.29 is 4.74 Å². The van der Waals surface area contributed by atoms with E-state index in [0.717, 1.165) is 29.6 Å². The average Bonchev–Trinajstić information content (AvgIpc) is 2.64. The minimum atomic E-state index is 0.265. The normalized spacial score (nSPS) is 15.6. The molecule has 0 aliphatic carbocycles. The van der Waals surface area contributed by atoms with Crippen LogP contribution in [0.5, 0.6) is 5.75 Å². The first-order valence-electron chi connectivity index (χ1n) is 7.98. The molecule has 8 nitrogen and oxygen atoms in total. The van der Waals surface area contributed by atoms with Crippen LogP contribution in [0.25, 0.3) is 0 Å². The highest BCUT2D eigenvalue weighted by Gasteiger charge is 2.18. The molecule has 0 atom stereocenters. The summed E-state index contributed by atoms with van der Waals surface area (Å²) in [5.41, 5.74) is 0.265. The number of anilines is 2. The molecule has 1 saturated heterocycles. The Bertz CT molecular complexity index is 754. The zero-order valence-corrected chi connectivity index (χ0v) is 16.0. The van der Waals surface area contributed by atoms with Gasteiger partial charge < -0.3 is 15.0 Å². The average molecular weight is 451 g/mol. The van der Waals surface area contributed by atoms with E-state index in [1.165, 1.54) is 12.4 Å². The lowest BCUT2D eigenvalue weighted by Crippen LogP contribution is -2.32. The van der Waals surface area contributed by atoms with Crippen LogP contribution in [-0.2, 0) is 0 Å². The number of likely N-dealkylation sites (tertiary alicyclic amines) is 1. The van der Waals surface area contributed by atoms with Gasteiger partial charge in [0, 0.05) is 6.07 Å². The van der Waals surface area contributed by atoms with Crippen molar-refractivity contribution in [1.29, 1.82) is 5.26 Å². The standard InChI is InChI=1S/C16H18IN7O/c1-24-4-2-11(3-5-24)10-25-13-6-14(22-23-16(13)17)21-15-9-19-12(7-18)8-20-15/h6,8-9,11H,2-5,10H2,1H3,(H,20,21,22). The van der Waals surface area contributed by atoms with Gasteiger partial charge in [-0.25, -0.2) is 9.97 Å². The van der Waals surface area contributed by atoms with Crippen LogP contribution in [0.2, 0.25) is 0 Å². The summed E-state index contributed by atoms with van der Waals surface area (Å²) in [6.07, 6.45) is 5.19. The van der Waals surface area contributed by atoms with Gasteiger partial charge in [-0.15, -0.1) is 10.2 Å². The second kappa shape index (κ2) is 8.35.